The van der Waals surface area contributed by atoms with E-state index in [-0.39, 0.29) is 29.3 Å². The first-order valence-corrected chi connectivity index (χ1v) is 16.1. The number of primary sulfonamides is 1. The van der Waals surface area contributed by atoms with E-state index in [1.54, 1.807) is 72.5 Å². The van der Waals surface area contributed by atoms with Crippen LogP contribution in [0.3, 0.4) is 0 Å². The number of alkyl carbamates (subject to hydrolysis) is 1. The number of nitrogens with zero attached hydrogens (tertiary/aromatic N) is 2. The predicted molar refractivity (Wildman–Crippen MR) is 173 cm³/mol. The van der Waals surface area contributed by atoms with Crippen LogP contribution in [0.1, 0.15) is 52.2 Å². The maximum atomic E-state index is 13.4. The molecule has 0 saturated carbocycles. The zero-order chi connectivity index (χ0) is 32.4. The second-order valence-electron chi connectivity index (χ2n) is 10.4. The van der Waals surface area contributed by atoms with Gasteiger partial charge in [0.1, 0.15) is 5.84 Å². The van der Waals surface area contributed by atoms with Crippen LogP contribution in [0.4, 0.5) is 15.3 Å². The molecule has 2 atom stereocenters. The molecule has 0 saturated heterocycles. The highest BCUT2D eigenvalue weighted by Gasteiger charge is 2.21. The molecule has 0 aromatic heterocycles. The summed E-state index contributed by atoms with van der Waals surface area (Å²) in [6, 6.07) is 20.0. The molecule has 44 heavy (non-hydrogen) atoms. The van der Waals surface area contributed by atoms with Crippen LogP contribution in [-0.4, -0.2) is 61.5 Å². The number of benzene rings is 3. The highest BCUT2D eigenvalue weighted by Crippen LogP contribution is 2.28. The van der Waals surface area contributed by atoms with E-state index in [9.17, 15) is 18.0 Å². The fraction of sp³-hybridized carbons (Fsp3) is 0.344. The fourth-order valence-corrected chi connectivity index (χ4v) is 5.48. The smallest absolute Gasteiger partial charge is 0.414 e. The molecule has 5 N–H and O–H groups in total. The molecule has 11 nitrogen and oxygen atoms in total. The number of amides is 3. The summed E-state index contributed by atoms with van der Waals surface area (Å²) in [7, 11) is -3.91. The quantitative estimate of drug-likeness (QED) is 0.117. The summed E-state index contributed by atoms with van der Waals surface area (Å²) in [6.07, 6.45) is -0.426. The Morgan fingerprint density at radius 2 is 1.61 bits per heavy atom. The van der Waals surface area contributed by atoms with E-state index in [0.717, 1.165) is 18.7 Å². The number of carbonyl (C=O) groups excluding carboxylic acids is 2. The molecule has 0 aliphatic heterocycles. The van der Waals surface area contributed by atoms with Crippen molar-refractivity contribution >= 4 is 33.7 Å². The van der Waals surface area contributed by atoms with E-state index in [1.165, 1.54) is 6.07 Å². The van der Waals surface area contributed by atoms with Crippen molar-refractivity contribution in [3.63, 3.8) is 0 Å². The second kappa shape index (κ2) is 15.5. The molecular formula is C32H42N6O5S. The van der Waals surface area contributed by atoms with E-state index in [4.69, 9.17) is 15.3 Å². The van der Waals surface area contributed by atoms with Gasteiger partial charge in [0, 0.05) is 29.4 Å². The molecular weight excluding hydrogens is 580 g/mol. The number of nitrogens with one attached hydrogen (secondary N) is 3. The van der Waals surface area contributed by atoms with Crippen molar-refractivity contribution < 1.29 is 22.7 Å². The molecule has 0 spiro atoms. The number of rotatable bonds is 12. The van der Waals surface area contributed by atoms with Crippen molar-refractivity contribution in [2.75, 3.05) is 18.4 Å². The van der Waals surface area contributed by atoms with Crippen molar-refractivity contribution in [3.05, 3.63) is 83.9 Å². The number of hydrogen-bond donors (Lipinski definition) is 4. The molecule has 0 bridgehead atoms. The Bertz CT molecular complexity index is 1560. The summed E-state index contributed by atoms with van der Waals surface area (Å²) >= 11 is 0. The first-order valence-electron chi connectivity index (χ1n) is 14.6. The van der Waals surface area contributed by atoms with Crippen molar-refractivity contribution in [1.82, 2.24) is 15.1 Å². The Morgan fingerprint density at radius 3 is 2.23 bits per heavy atom. The standard InChI is InChI=1S/C32H42N6O5S/c1-6-22(4)38(21-24-12-11-13-26(20-24)30(33)36-32(40)43-23(5)37(7-2)8-3)31(39)35-27-18-16-25(17-19-27)28-14-9-10-15-29(28)44(34,41)42/h9-20,22-23H,6-8,21H2,1-5H3,(H,35,39)(H2,33,36,40)(H2,34,41,42). The van der Waals surface area contributed by atoms with Crippen LogP contribution in [0.2, 0.25) is 0 Å². The summed E-state index contributed by atoms with van der Waals surface area (Å²) in [6.45, 7) is 11.4. The van der Waals surface area contributed by atoms with E-state index in [1.807, 2.05) is 38.7 Å². The second-order valence-corrected chi connectivity index (χ2v) is 11.9. The van der Waals surface area contributed by atoms with Crippen LogP contribution < -0.4 is 15.8 Å². The van der Waals surface area contributed by atoms with Crippen LogP contribution in [0.15, 0.2) is 77.7 Å². The van der Waals surface area contributed by atoms with Gasteiger partial charge in [0.15, 0.2) is 6.23 Å². The lowest BCUT2D eigenvalue weighted by molar-refractivity contribution is 0.00680. The number of amidine groups is 1. The number of ether oxygens (including phenoxy) is 1. The minimum absolute atomic E-state index is 0.0244. The van der Waals surface area contributed by atoms with Gasteiger partial charge in [-0.1, -0.05) is 69.3 Å². The third-order valence-electron chi connectivity index (χ3n) is 7.42. The molecule has 2 unspecified atom stereocenters. The SMILES string of the molecule is CCC(C)N(Cc1cccc(C(=N)NC(=O)OC(C)N(CC)CC)c1)C(=O)Nc1ccc(-c2ccccc2S(N)(=O)=O)cc1. The van der Waals surface area contributed by atoms with Crippen molar-refractivity contribution in [3.8, 4) is 11.1 Å². The van der Waals surface area contributed by atoms with Crippen LogP contribution in [0, 0.1) is 5.41 Å². The van der Waals surface area contributed by atoms with Gasteiger partial charge in [0.05, 0.1) is 4.90 Å². The molecule has 0 aliphatic carbocycles. The summed E-state index contributed by atoms with van der Waals surface area (Å²) < 4.78 is 29.5. The van der Waals surface area contributed by atoms with Crippen molar-refractivity contribution in [1.29, 1.82) is 5.41 Å². The van der Waals surface area contributed by atoms with Crippen LogP contribution in [0.5, 0.6) is 0 Å². The third-order valence-corrected chi connectivity index (χ3v) is 8.39. The minimum Gasteiger partial charge on any atom is -0.430 e. The number of sulfonamides is 1. The molecule has 0 fully saturated rings. The first kappa shape index (κ1) is 34.2. The molecule has 3 aromatic rings. The first-order chi connectivity index (χ1) is 20.9. The zero-order valence-corrected chi connectivity index (χ0v) is 26.6. The summed E-state index contributed by atoms with van der Waals surface area (Å²) in [5.41, 5.74) is 2.92. The molecule has 236 valence electrons. The Labute approximate surface area is 259 Å². The average Bonchev–Trinajstić information content (AvgIpc) is 3.00. The Balaban J connectivity index is 1.71. The number of anilines is 1. The van der Waals surface area contributed by atoms with E-state index >= 15 is 0 Å². The summed E-state index contributed by atoms with van der Waals surface area (Å²) in [5, 5.41) is 19.2. The zero-order valence-electron chi connectivity index (χ0n) is 25.8. The van der Waals surface area contributed by atoms with E-state index in [0.29, 0.717) is 28.8 Å². The lowest BCUT2D eigenvalue weighted by atomic mass is 10.1. The van der Waals surface area contributed by atoms with Gasteiger partial charge in [0.25, 0.3) is 0 Å². The molecule has 12 heteroatoms. The fourth-order valence-electron chi connectivity index (χ4n) is 4.72. The van der Waals surface area contributed by atoms with Gasteiger partial charge >= 0.3 is 12.1 Å². The van der Waals surface area contributed by atoms with Gasteiger partial charge in [-0.05, 0) is 68.8 Å². The van der Waals surface area contributed by atoms with Crippen LogP contribution in [-0.2, 0) is 21.3 Å². The Morgan fingerprint density at radius 1 is 0.955 bits per heavy atom. The van der Waals surface area contributed by atoms with Gasteiger partial charge in [0.2, 0.25) is 10.0 Å². The van der Waals surface area contributed by atoms with E-state index in [2.05, 4.69) is 10.6 Å². The number of hydrogen-bond acceptors (Lipinski definition) is 7. The Hall–Kier alpha value is -4.26. The number of urea groups is 1. The van der Waals surface area contributed by atoms with Crippen LogP contribution >= 0.6 is 0 Å². The topological polar surface area (TPSA) is 158 Å². The maximum absolute atomic E-state index is 13.4. The predicted octanol–water partition coefficient (Wildman–Crippen LogP) is 5.57. The van der Waals surface area contributed by atoms with Crippen molar-refractivity contribution in [2.24, 2.45) is 5.14 Å². The van der Waals surface area contributed by atoms with Gasteiger partial charge < -0.3 is 15.0 Å². The van der Waals surface area contributed by atoms with Gasteiger partial charge in [-0.2, -0.15) is 0 Å². The molecule has 0 heterocycles. The molecule has 3 aromatic carbocycles. The number of carbonyl (C=O) groups is 2. The lowest BCUT2D eigenvalue weighted by Gasteiger charge is -2.29. The summed E-state index contributed by atoms with van der Waals surface area (Å²) in [5.74, 6) is -0.104. The van der Waals surface area contributed by atoms with Gasteiger partial charge in [-0.25, -0.2) is 23.1 Å². The maximum Gasteiger partial charge on any atom is 0.414 e. The number of nitrogens with two attached hydrogens (primary N) is 1. The Kier molecular flexibility index (Phi) is 12.0. The van der Waals surface area contributed by atoms with Crippen molar-refractivity contribution in [2.45, 2.75) is 64.7 Å². The summed E-state index contributed by atoms with van der Waals surface area (Å²) in [4.78, 5) is 29.5. The monoisotopic (exact) mass is 622 g/mol. The van der Waals surface area contributed by atoms with Gasteiger partial charge in [-0.3, -0.25) is 15.6 Å². The molecule has 0 radical (unpaired) electrons. The minimum atomic E-state index is -3.91. The average molecular weight is 623 g/mol. The van der Waals surface area contributed by atoms with E-state index < -0.39 is 22.3 Å². The molecule has 0 aliphatic rings. The van der Waals surface area contributed by atoms with Crippen LogP contribution in [0.25, 0.3) is 11.1 Å². The molecule has 3 amide bonds. The molecule has 3 rings (SSSR count). The normalized spacial score (nSPS) is 12.7. The lowest BCUT2D eigenvalue weighted by Crippen LogP contribution is -2.41. The third kappa shape index (κ3) is 9.12. The highest BCUT2D eigenvalue weighted by atomic mass is 32.2. The highest BCUT2D eigenvalue weighted by molar-refractivity contribution is 7.89. The van der Waals surface area contributed by atoms with Gasteiger partial charge in [-0.15, -0.1) is 0 Å². The largest absolute Gasteiger partial charge is 0.430 e.